The van der Waals surface area contributed by atoms with E-state index in [1.165, 1.54) is 11.8 Å². The second-order valence-electron chi connectivity index (χ2n) is 5.08. The molecule has 1 saturated heterocycles. The Morgan fingerprint density at radius 2 is 2.09 bits per heavy atom. The van der Waals surface area contributed by atoms with E-state index in [0.717, 1.165) is 6.42 Å². The van der Waals surface area contributed by atoms with Gasteiger partial charge < -0.3 is 14.6 Å². The molecule has 1 fully saturated rings. The van der Waals surface area contributed by atoms with Crippen LogP contribution in [0.25, 0.3) is 5.69 Å². The van der Waals surface area contributed by atoms with E-state index in [2.05, 4.69) is 15.0 Å². The molecular weight excluding hydrogens is 302 g/mol. The lowest BCUT2D eigenvalue weighted by Crippen LogP contribution is -2.11. The predicted molar refractivity (Wildman–Crippen MR) is 77.6 cm³/mol. The number of carboxylic acids is 1. The van der Waals surface area contributed by atoms with Gasteiger partial charge in [0.1, 0.15) is 11.8 Å². The van der Waals surface area contributed by atoms with Gasteiger partial charge in [-0.05, 0) is 37.1 Å². The van der Waals surface area contributed by atoms with Crippen molar-refractivity contribution in [3.05, 3.63) is 41.2 Å². The van der Waals surface area contributed by atoms with Crippen molar-refractivity contribution in [2.45, 2.75) is 18.9 Å². The van der Waals surface area contributed by atoms with Gasteiger partial charge in [0.2, 0.25) is 0 Å². The number of carbonyl (C=O) groups is 2. The number of rotatable bonds is 4. The Morgan fingerprint density at radius 3 is 2.65 bits per heavy atom. The molecule has 2 aromatic rings. The van der Waals surface area contributed by atoms with Gasteiger partial charge in [-0.15, -0.1) is 5.10 Å². The third kappa shape index (κ3) is 2.80. The van der Waals surface area contributed by atoms with Gasteiger partial charge in [-0.25, -0.2) is 14.3 Å². The predicted octanol–water partition coefficient (Wildman–Crippen LogP) is 1.60. The minimum absolute atomic E-state index is 0.117. The molecule has 120 valence electrons. The molecule has 0 spiro atoms. The van der Waals surface area contributed by atoms with E-state index in [-0.39, 0.29) is 11.8 Å². The van der Waals surface area contributed by atoms with Crippen molar-refractivity contribution in [1.82, 2.24) is 15.0 Å². The molecule has 0 amide bonds. The number of nitrogens with zero attached hydrogens (tertiary/aromatic N) is 3. The lowest BCUT2D eigenvalue weighted by Gasteiger charge is -2.12. The van der Waals surface area contributed by atoms with Crippen LogP contribution < -0.4 is 0 Å². The highest BCUT2D eigenvalue weighted by Gasteiger charge is 2.30. The van der Waals surface area contributed by atoms with Crippen LogP contribution in [0, 0.1) is 0 Å². The third-order valence-corrected chi connectivity index (χ3v) is 3.68. The summed E-state index contributed by atoms with van der Waals surface area (Å²) in [6.45, 7) is 0.580. The maximum absolute atomic E-state index is 11.5. The molecule has 0 bridgehead atoms. The number of methoxy groups -OCH3 is 1. The minimum Gasteiger partial charge on any atom is -0.476 e. The smallest absolute Gasteiger partial charge is 0.358 e. The molecule has 1 aliphatic heterocycles. The van der Waals surface area contributed by atoms with Crippen LogP contribution in [0.2, 0.25) is 0 Å². The number of benzene rings is 1. The van der Waals surface area contributed by atoms with E-state index in [4.69, 9.17) is 4.74 Å². The van der Waals surface area contributed by atoms with Crippen LogP contribution in [0.15, 0.2) is 24.3 Å². The Bertz CT molecular complexity index is 732. The Morgan fingerprint density at radius 1 is 1.35 bits per heavy atom. The standard InChI is InChI=1S/C15H15N3O5/c1-22-15(21)9-4-6-10(7-5-9)18-13(11-3-2-8-23-11)12(14(19)20)16-17-18/h4-7,11H,2-3,8H2,1H3,(H,19,20). The zero-order valence-corrected chi connectivity index (χ0v) is 12.4. The average molecular weight is 317 g/mol. The van der Waals surface area contributed by atoms with Crippen LogP contribution in [0.4, 0.5) is 0 Å². The minimum atomic E-state index is -1.15. The maximum atomic E-state index is 11.5. The first-order valence-corrected chi connectivity index (χ1v) is 7.11. The fraction of sp³-hybridized carbons (Fsp3) is 0.333. The molecule has 1 aromatic carbocycles. The van der Waals surface area contributed by atoms with Gasteiger partial charge in [0, 0.05) is 6.61 Å². The van der Waals surface area contributed by atoms with Crippen LogP contribution in [0.3, 0.4) is 0 Å². The molecule has 1 aromatic heterocycles. The topological polar surface area (TPSA) is 104 Å². The Labute approximate surface area is 131 Å². The van der Waals surface area contributed by atoms with Gasteiger partial charge in [0.05, 0.1) is 18.4 Å². The molecule has 0 radical (unpaired) electrons. The zero-order valence-electron chi connectivity index (χ0n) is 12.4. The molecule has 1 atom stereocenters. The molecule has 8 nitrogen and oxygen atoms in total. The summed E-state index contributed by atoms with van der Waals surface area (Å²) in [6, 6.07) is 6.49. The van der Waals surface area contributed by atoms with Crippen molar-refractivity contribution >= 4 is 11.9 Å². The van der Waals surface area contributed by atoms with Gasteiger partial charge in [0.15, 0.2) is 5.69 Å². The molecule has 8 heteroatoms. The summed E-state index contributed by atoms with van der Waals surface area (Å²) >= 11 is 0. The third-order valence-electron chi connectivity index (χ3n) is 3.68. The van der Waals surface area contributed by atoms with Crippen molar-refractivity contribution in [2.24, 2.45) is 0 Å². The first-order valence-electron chi connectivity index (χ1n) is 7.11. The number of carboxylic acid groups (broad SMARTS) is 1. The number of aromatic nitrogens is 3. The summed E-state index contributed by atoms with van der Waals surface area (Å²) in [6.07, 6.45) is 1.22. The zero-order chi connectivity index (χ0) is 16.4. The molecule has 3 rings (SSSR count). The number of hydrogen-bond acceptors (Lipinski definition) is 6. The Balaban J connectivity index is 2.02. The first kappa shape index (κ1) is 15.2. The molecular formula is C15H15N3O5. The molecule has 23 heavy (non-hydrogen) atoms. The van der Waals surface area contributed by atoms with E-state index >= 15 is 0 Å². The van der Waals surface area contributed by atoms with Crippen molar-refractivity contribution < 1.29 is 24.2 Å². The summed E-state index contributed by atoms with van der Waals surface area (Å²) in [5.41, 5.74) is 1.30. The number of ether oxygens (including phenoxy) is 2. The average Bonchev–Trinajstić information content (AvgIpc) is 3.22. The Hall–Kier alpha value is -2.74. The van der Waals surface area contributed by atoms with Crippen LogP contribution >= 0.6 is 0 Å². The van der Waals surface area contributed by atoms with Crippen LogP contribution in [0.1, 0.15) is 45.5 Å². The quantitative estimate of drug-likeness (QED) is 0.854. The largest absolute Gasteiger partial charge is 0.476 e. The van der Waals surface area contributed by atoms with E-state index in [9.17, 15) is 14.7 Å². The number of aromatic carboxylic acids is 1. The van der Waals surface area contributed by atoms with Gasteiger partial charge in [-0.3, -0.25) is 0 Å². The van der Waals surface area contributed by atoms with Gasteiger partial charge in [-0.1, -0.05) is 5.21 Å². The molecule has 2 heterocycles. The van der Waals surface area contributed by atoms with Crippen molar-refractivity contribution in [1.29, 1.82) is 0 Å². The lowest BCUT2D eigenvalue weighted by molar-refractivity contribution is 0.0599. The van der Waals surface area contributed by atoms with Crippen LogP contribution in [-0.4, -0.2) is 45.8 Å². The molecule has 0 aliphatic carbocycles. The summed E-state index contributed by atoms with van der Waals surface area (Å²) in [5, 5.41) is 17.0. The summed E-state index contributed by atoms with van der Waals surface area (Å²) in [5.74, 6) is -1.59. The van der Waals surface area contributed by atoms with Gasteiger partial charge >= 0.3 is 11.9 Å². The number of hydrogen-bond donors (Lipinski definition) is 1. The molecule has 1 N–H and O–H groups in total. The van der Waals surface area contributed by atoms with E-state index < -0.39 is 11.9 Å². The normalized spacial score (nSPS) is 17.2. The van der Waals surface area contributed by atoms with Crippen molar-refractivity contribution in [3.8, 4) is 5.69 Å². The Kier molecular flexibility index (Phi) is 4.07. The van der Waals surface area contributed by atoms with Crippen molar-refractivity contribution in [3.63, 3.8) is 0 Å². The molecule has 1 aliphatic rings. The fourth-order valence-electron chi connectivity index (χ4n) is 2.57. The van der Waals surface area contributed by atoms with E-state index in [0.29, 0.717) is 30.0 Å². The van der Waals surface area contributed by atoms with Gasteiger partial charge in [0.25, 0.3) is 0 Å². The van der Waals surface area contributed by atoms with E-state index in [1.54, 1.807) is 24.3 Å². The van der Waals surface area contributed by atoms with Crippen LogP contribution in [0.5, 0.6) is 0 Å². The highest BCUT2D eigenvalue weighted by atomic mass is 16.5. The highest BCUT2D eigenvalue weighted by Crippen LogP contribution is 2.31. The fourth-order valence-corrected chi connectivity index (χ4v) is 2.57. The summed E-state index contributed by atoms with van der Waals surface area (Å²) < 4.78 is 11.7. The second-order valence-corrected chi connectivity index (χ2v) is 5.08. The lowest BCUT2D eigenvalue weighted by atomic mass is 10.1. The van der Waals surface area contributed by atoms with Crippen molar-refractivity contribution in [2.75, 3.05) is 13.7 Å². The van der Waals surface area contributed by atoms with Gasteiger partial charge in [-0.2, -0.15) is 0 Å². The first-order chi connectivity index (χ1) is 11.1. The number of carbonyl (C=O) groups excluding carboxylic acids is 1. The molecule has 1 unspecified atom stereocenters. The maximum Gasteiger partial charge on any atom is 0.358 e. The SMILES string of the molecule is COC(=O)c1ccc(-n2nnc(C(=O)O)c2C2CCCO2)cc1. The summed E-state index contributed by atoms with van der Waals surface area (Å²) in [4.78, 5) is 22.8. The van der Waals surface area contributed by atoms with E-state index in [1.807, 2.05) is 0 Å². The van der Waals surface area contributed by atoms with Crippen LogP contribution in [-0.2, 0) is 9.47 Å². The monoisotopic (exact) mass is 317 g/mol. The molecule has 0 saturated carbocycles. The summed E-state index contributed by atoms with van der Waals surface area (Å²) in [7, 11) is 1.31. The highest BCUT2D eigenvalue weighted by molar-refractivity contribution is 5.89. The number of esters is 1. The second kappa shape index (κ2) is 6.17.